The first kappa shape index (κ1) is 15.4. The van der Waals surface area contributed by atoms with Crippen LogP contribution in [0, 0.1) is 0 Å². The predicted molar refractivity (Wildman–Crippen MR) is 83.7 cm³/mol. The topological polar surface area (TPSA) is 31.4 Å². The highest BCUT2D eigenvalue weighted by Crippen LogP contribution is 2.36. The van der Waals surface area contributed by atoms with Crippen molar-refractivity contribution in [3.8, 4) is 0 Å². The van der Waals surface area contributed by atoms with Crippen LogP contribution in [0.3, 0.4) is 0 Å². The van der Waals surface area contributed by atoms with Gasteiger partial charge in [-0.05, 0) is 52.0 Å². The quantitative estimate of drug-likeness (QED) is 0.731. The molecule has 0 saturated heterocycles. The predicted octanol–water partition coefficient (Wildman–Crippen LogP) is 1.59. The van der Waals surface area contributed by atoms with E-state index in [0.29, 0.717) is 5.54 Å². The molecule has 2 rings (SSSR count). The van der Waals surface area contributed by atoms with Gasteiger partial charge in [-0.1, -0.05) is 6.07 Å². The molecule has 112 valence electrons. The first-order valence-corrected chi connectivity index (χ1v) is 7.58. The van der Waals surface area contributed by atoms with Crippen LogP contribution in [0.15, 0.2) is 24.5 Å². The van der Waals surface area contributed by atoms with Gasteiger partial charge in [0.05, 0.1) is 0 Å². The van der Waals surface area contributed by atoms with Gasteiger partial charge in [0.15, 0.2) is 0 Å². The van der Waals surface area contributed by atoms with Gasteiger partial charge in [0, 0.05) is 44.1 Å². The maximum atomic E-state index is 4.13. The molecular weight excluding hydrogens is 248 g/mol. The number of hydrogen-bond acceptors (Lipinski definition) is 4. The van der Waals surface area contributed by atoms with E-state index in [1.54, 1.807) is 0 Å². The van der Waals surface area contributed by atoms with E-state index in [4.69, 9.17) is 0 Å². The molecule has 1 heterocycles. The summed E-state index contributed by atoms with van der Waals surface area (Å²) in [4.78, 5) is 9.00. The van der Waals surface area contributed by atoms with Crippen LogP contribution in [-0.2, 0) is 6.54 Å². The van der Waals surface area contributed by atoms with E-state index in [-0.39, 0.29) is 0 Å². The molecule has 0 radical (unpaired) electrons. The zero-order valence-electron chi connectivity index (χ0n) is 13.1. The highest BCUT2D eigenvalue weighted by atomic mass is 15.2. The van der Waals surface area contributed by atoms with Gasteiger partial charge in [-0.3, -0.25) is 4.98 Å². The Balaban J connectivity index is 1.64. The van der Waals surface area contributed by atoms with E-state index >= 15 is 0 Å². The molecule has 1 saturated carbocycles. The van der Waals surface area contributed by atoms with Gasteiger partial charge in [-0.2, -0.15) is 0 Å². The minimum atomic E-state index is 0.429. The molecule has 1 aliphatic rings. The number of pyridine rings is 1. The van der Waals surface area contributed by atoms with Crippen LogP contribution in [-0.4, -0.2) is 61.1 Å². The third kappa shape index (κ3) is 4.01. The summed E-state index contributed by atoms with van der Waals surface area (Å²) in [5.41, 5.74) is 1.68. The molecule has 1 fully saturated rings. The number of nitrogens with one attached hydrogen (secondary N) is 1. The molecule has 0 unspecified atom stereocenters. The summed E-state index contributed by atoms with van der Waals surface area (Å²) < 4.78 is 0. The van der Waals surface area contributed by atoms with E-state index in [0.717, 1.165) is 19.6 Å². The van der Waals surface area contributed by atoms with E-state index in [9.17, 15) is 0 Å². The minimum absolute atomic E-state index is 0.429. The van der Waals surface area contributed by atoms with Crippen LogP contribution >= 0.6 is 0 Å². The zero-order chi connectivity index (χ0) is 14.4. The molecule has 4 nitrogen and oxygen atoms in total. The fourth-order valence-corrected chi connectivity index (χ4v) is 2.92. The van der Waals surface area contributed by atoms with Gasteiger partial charge in [0.2, 0.25) is 0 Å². The van der Waals surface area contributed by atoms with Crippen LogP contribution in [0.4, 0.5) is 0 Å². The van der Waals surface area contributed by atoms with Crippen LogP contribution in [0.25, 0.3) is 0 Å². The fourth-order valence-electron chi connectivity index (χ4n) is 2.92. The molecule has 4 heteroatoms. The second-order valence-corrected chi connectivity index (χ2v) is 6.25. The van der Waals surface area contributed by atoms with Gasteiger partial charge in [-0.25, -0.2) is 0 Å². The second kappa shape index (κ2) is 7.16. The fraction of sp³-hybridized carbons (Fsp3) is 0.688. The SMILES string of the molecule is CN(CCNCc1cccnc1)CC1(N(C)C)CCC1. The summed E-state index contributed by atoms with van der Waals surface area (Å²) in [6.07, 6.45) is 7.80. The third-order valence-electron chi connectivity index (χ3n) is 4.52. The molecular formula is C16H28N4. The summed E-state index contributed by atoms with van der Waals surface area (Å²) in [7, 11) is 6.66. The highest BCUT2D eigenvalue weighted by Gasteiger charge is 2.39. The maximum absolute atomic E-state index is 4.13. The summed E-state index contributed by atoms with van der Waals surface area (Å²) in [5.74, 6) is 0. The van der Waals surface area contributed by atoms with Crippen molar-refractivity contribution in [1.82, 2.24) is 20.1 Å². The largest absolute Gasteiger partial charge is 0.311 e. The van der Waals surface area contributed by atoms with Crippen LogP contribution in [0.2, 0.25) is 0 Å². The molecule has 20 heavy (non-hydrogen) atoms. The van der Waals surface area contributed by atoms with Crippen molar-refractivity contribution in [1.29, 1.82) is 0 Å². The Morgan fingerprint density at radius 3 is 2.65 bits per heavy atom. The smallest absolute Gasteiger partial charge is 0.0330 e. The average Bonchev–Trinajstić information content (AvgIpc) is 2.40. The van der Waals surface area contributed by atoms with Crippen LogP contribution in [0.1, 0.15) is 24.8 Å². The van der Waals surface area contributed by atoms with E-state index < -0.39 is 0 Å². The maximum Gasteiger partial charge on any atom is 0.0330 e. The Kier molecular flexibility index (Phi) is 5.52. The number of likely N-dealkylation sites (N-methyl/N-ethyl adjacent to an activating group) is 2. The zero-order valence-corrected chi connectivity index (χ0v) is 13.1. The number of aromatic nitrogens is 1. The Bertz CT molecular complexity index is 387. The lowest BCUT2D eigenvalue weighted by atomic mass is 9.75. The van der Waals surface area contributed by atoms with Crippen molar-refractivity contribution in [3.63, 3.8) is 0 Å². The van der Waals surface area contributed by atoms with Gasteiger partial charge >= 0.3 is 0 Å². The third-order valence-corrected chi connectivity index (χ3v) is 4.52. The molecule has 0 spiro atoms. The van der Waals surface area contributed by atoms with Gasteiger partial charge < -0.3 is 15.1 Å². The summed E-state index contributed by atoms with van der Waals surface area (Å²) in [5, 5.41) is 3.49. The van der Waals surface area contributed by atoms with E-state index in [2.05, 4.69) is 47.3 Å². The first-order valence-electron chi connectivity index (χ1n) is 7.58. The minimum Gasteiger partial charge on any atom is -0.311 e. The normalized spacial score (nSPS) is 17.4. The number of hydrogen-bond donors (Lipinski definition) is 1. The lowest BCUT2D eigenvalue weighted by Gasteiger charge is -2.49. The van der Waals surface area contributed by atoms with E-state index in [1.807, 2.05) is 18.5 Å². The molecule has 1 N–H and O–H groups in total. The van der Waals surface area contributed by atoms with E-state index in [1.165, 1.54) is 31.4 Å². The Morgan fingerprint density at radius 2 is 2.10 bits per heavy atom. The molecule has 0 aliphatic heterocycles. The highest BCUT2D eigenvalue weighted by molar-refractivity contribution is 5.07. The Morgan fingerprint density at radius 1 is 1.30 bits per heavy atom. The summed E-state index contributed by atoms with van der Waals surface area (Å²) >= 11 is 0. The molecule has 0 bridgehead atoms. The van der Waals surface area contributed by atoms with Crippen molar-refractivity contribution in [3.05, 3.63) is 30.1 Å². The lowest BCUT2D eigenvalue weighted by Crippen LogP contribution is -2.57. The van der Waals surface area contributed by atoms with Crippen molar-refractivity contribution in [2.45, 2.75) is 31.3 Å². The summed E-state index contributed by atoms with van der Waals surface area (Å²) in [6, 6.07) is 4.10. The Hall–Kier alpha value is -0.970. The molecule has 1 aliphatic carbocycles. The first-order chi connectivity index (χ1) is 9.62. The molecule has 0 amide bonds. The summed E-state index contributed by atoms with van der Waals surface area (Å²) in [6.45, 7) is 4.19. The van der Waals surface area contributed by atoms with Crippen LogP contribution < -0.4 is 5.32 Å². The standard InChI is InChI=1S/C16H28N4/c1-19(2)16(7-5-8-16)14-20(3)11-10-18-13-15-6-4-9-17-12-15/h4,6,9,12,18H,5,7-8,10-11,13-14H2,1-3H3. The van der Waals surface area contributed by atoms with Crippen molar-refractivity contribution < 1.29 is 0 Å². The number of rotatable bonds is 8. The van der Waals surface area contributed by atoms with Crippen molar-refractivity contribution >= 4 is 0 Å². The van der Waals surface area contributed by atoms with Gasteiger partial charge in [0.1, 0.15) is 0 Å². The average molecular weight is 276 g/mol. The van der Waals surface area contributed by atoms with Crippen molar-refractivity contribution in [2.75, 3.05) is 40.8 Å². The van der Waals surface area contributed by atoms with Crippen molar-refractivity contribution in [2.24, 2.45) is 0 Å². The number of nitrogens with zero attached hydrogens (tertiary/aromatic N) is 3. The second-order valence-electron chi connectivity index (χ2n) is 6.25. The molecule has 1 aromatic heterocycles. The lowest BCUT2D eigenvalue weighted by molar-refractivity contribution is 0.0282. The Labute approximate surface area is 123 Å². The van der Waals surface area contributed by atoms with Gasteiger partial charge in [-0.15, -0.1) is 0 Å². The monoisotopic (exact) mass is 276 g/mol. The molecule has 1 aromatic rings. The van der Waals surface area contributed by atoms with Gasteiger partial charge in [0.25, 0.3) is 0 Å². The molecule has 0 atom stereocenters. The molecule has 0 aromatic carbocycles. The van der Waals surface area contributed by atoms with Crippen LogP contribution in [0.5, 0.6) is 0 Å².